The molecule has 1 rings (SSSR count). The molecule has 0 aromatic carbocycles. The van der Waals surface area contributed by atoms with Crippen LogP contribution in [0.5, 0.6) is 0 Å². The molecule has 1 heterocycles. The van der Waals surface area contributed by atoms with E-state index in [-0.39, 0.29) is 30.5 Å². The summed E-state index contributed by atoms with van der Waals surface area (Å²) >= 11 is 1.20. The number of halogens is 1. The van der Waals surface area contributed by atoms with Gasteiger partial charge in [0.2, 0.25) is 10.0 Å². The van der Waals surface area contributed by atoms with Gasteiger partial charge in [-0.2, -0.15) is 0 Å². The second kappa shape index (κ2) is 11.2. The molecule has 0 radical (unpaired) electrons. The molecular weight excluding hydrogens is 435 g/mol. The first-order valence-electron chi connectivity index (χ1n) is 7.07. The van der Waals surface area contributed by atoms with Crippen LogP contribution in [0.4, 0.5) is 0 Å². The standard InChI is InChI=1S/C13H24N4O2S2.HI/c1-4-11(3)17-13(14-5-2)15-8-9-16-21(18,19)12-7-6-10-20-12;/h6-7,10-11,16H,4-5,8-9H2,1-3H3,(H2,14,15,17);1H. The van der Waals surface area contributed by atoms with E-state index in [1.54, 1.807) is 17.5 Å². The Bertz CT molecular complexity index is 532. The van der Waals surface area contributed by atoms with Crippen molar-refractivity contribution in [1.82, 2.24) is 15.4 Å². The van der Waals surface area contributed by atoms with E-state index in [0.717, 1.165) is 13.0 Å². The van der Waals surface area contributed by atoms with E-state index in [1.807, 2.05) is 6.92 Å². The molecule has 1 unspecified atom stereocenters. The summed E-state index contributed by atoms with van der Waals surface area (Å²) in [4.78, 5) is 4.36. The fraction of sp³-hybridized carbons (Fsp3) is 0.615. The summed E-state index contributed by atoms with van der Waals surface area (Å²) in [6.45, 7) is 7.59. The van der Waals surface area contributed by atoms with E-state index in [4.69, 9.17) is 0 Å². The minimum Gasteiger partial charge on any atom is -0.357 e. The molecule has 22 heavy (non-hydrogen) atoms. The van der Waals surface area contributed by atoms with Crippen molar-refractivity contribution in [3.05, 3.63) is 17.5 Å². The highest BCUT2D eigenvalue weighted by molar-refractivity contribution is 14.0. The van der Waals surface area contributed by atoms with Gasteiger partial charge in [0.25, 0.3) is 0 Å². The Morgan fingerprint density at radius 1 is 1.41 bits per heavy atom. The molecule has 0 spiro atoms. The average Bonchev–Trinajstić information content (AvgIpc) is 2.98. The molecule has 6 nitrogen and oxygen atoms in total. The lowest BCUT2D eigenvalue weighted by Gasteiger charge is -2.16. The van der Waals surface area contributed by atoms with Crippen LogP contribution in [-0.4, -0.2) is 40.1 Å². The van der Waals surface area contributed by atoms with Crippen LogP contribution < -0.4 is 15.4 Å². The predicted octanol–water partition coefficient (Wildman–Crippen LogP) is 2.00. The normalized spacial score (nSPS) is 13.3. The molecular formula is C13H25IN4O2S2. The van der Waals surface area contributed by atoms with Gasteiger partial charge in [-0.05, 0) is 31.7 Å². The number of sulfonamides is 1. The van der Waals surface area contributed by atoms with Gasteiger partial charge in [-0.25, -0.2) is 13.1 Å². The molecule has 0 aliphatic carbocycles. The van der Waals surface area contributed by atoms with Crippen molar-refractivity contribution >= 4 is 51.3 Å². The topological polar surface area (TPSA) is 82.6 Å². The molecule has 0 aliphatic heterocycles. The summed E-state index contributed by atoms with van der Waals surface area (Å²) in [5, 5.41) is 8.14. The van der Waals surface area contributed by atoms with Gasteiger partial charge >= 0.3 is 0 Å². The molecule has 128 valence electrons. The van der Waals surface area contributed by atoms with Crippen molar-refractivity contribution in [3.63, 3.8) is 0 Å². The lowest BCUT2D eigenvalue weighted by molar-refractivity contribution is 0.583. The summed E-state index contributed by atoms with van der Waals surface area (Å²) in [5.74, 6) is 0.710. The van der Waals surface area contributed by atoms with Crippen LogP contribution in [0.15, 0.2) is 26.7 Å². The van der Waals surface area contributed by atoms with Gasteiger partial charge in [-0.3, -0.25) is 4.99 Å². The Morgan fingerprint density at radius 3 is 2.68 bits per heavy atom. The van der Waals surface area contributed by atoms with Crippen LogP contribution in [-0.2, 0) is 10.0 Å². The first-order chi connectivity index (χ1) is 9.99. The number of aliphatic imine (C=N–C) groups is 1. The quantitative estimate of drug-likeness (QED) is 0.240. The van der Waals surface area contributed by atoms with E-state index in [2.05, 4.69) is 34.2 Å². The highest BCUT2D eigenvalue weighted by Crippen LogP contribution is 2.14. The average molecular weight is 460 g/mol. The van der Waals surface area contributed by atoms with Gasteiger partial charge in [0.1, 0.15) is 4.21 Å². The molecule has 1 atom stereocenters. The Morgan fingerprint density at radius 2 is 2.14 bits per heavy atom. The summed E-state index contributed by atoms with van der Waals surface area (Å²) in [5.41, 5.74) is 0. The van der Waals surface area contributed by atoms with E-state index in [0.29, 0.717) is 22.8 Å². The molecule has 9 heteroatoms. The number of nitrogens with one attached hydrogen (secondary N) is 3. The number of thiophene rings is 1. The highest BCUT2D eigenvalue weighted by atomic mass is 127. The number of hydrogen-bond donors (Lipinski definition) is 3. The van der Waals surface area contributed by atoms with E-state index in [1.165, 1.54) is 11.3 Å². The number of rotatable bonds is 8. The summed E-state index contributed by atoms with van der Waals surface area (Å²) < 4.78 is 26.7. The summed E-state index contributed by atoms with van der Waals surface area (Å²) in [6, 6.07) is 3.63. The SMILES string of the molecule is CCNC(=NCCNS(=O)(=O)c1cccs1)NC(C)CC.I. The zero-order valence-electron chi connectivity index (χ0n) is 13.1. The minimum absolute atomic E-state index is 0. The second-order valence-corrected chi connectivity index (χ2v) is 7.49. The van der Waals surface area contributed by atoms with Crippen molar-refractivity contribution in [2.45, 2.75) is 37.4 Å². The zero-order chi connectivity index (χ0) is 15.7. The first kappa shape index (κ1) is 21.6. The van der Waals surface area contributed by atoms with Crippen LogP contribution in [0.1, 0.15) is 27.2 Å². The Hall–Kier alpha value is -0.390. The van der Waals surface area contributed by atoms with Gasteiger partial charge in [0.15, 0.2) is 5.96 Å². The molecule has 0 aliphatic rings. The van der Waals surface area contributed by atoms with Gasteiger partial charge < -0.3 is 10.6 Å². The maximum Gasteiger partial charge on any atom is 0.250 e. The largest absolute Gasteiger partial charge is 0.357 e. The van der Waals surface area contributed by atoms with Crippen molar-refractivity contribution in [2.24, 2.45) is 4.99 Å². The molecule has 1 aromatic rings. The first-order valence-corrected chi connectivity index (χ1v) is 9.43. The third-order valence-electron chi connectivity index (χ3n) is 2.77. The van der Waals surface area contributed by atoms with Gasteiger partial charge in [-0.1, -0.05) is 13.0 Å². The lowest BCUT2D eigenvalue weighted by Crippen LogP contribution is -2.42. The van der Waals surface area contributed by atoms with Crippen LogP contribution >= 0.6 is 35.3 Å². The number of hydrogen-bond acceptors (Lipinski definition) is 4. The molecule has 3 N–H and O–H groups in total. The van der Waals surface area contributed by atoms with Crippen LogP contribution in [0.2, 0.25) is 0 Å². The van der Waals surface area contributed by atoms with Gasteiger partial charge in [0.05, 0.1) is 6.54 Å². The molecule has 0 saturated carbocycles. The van der Waals surface area contributed by atoms with Gasteiger partial charge in [0, 0.05) is 19.1 Å². The minimum atomic E-state index is -3.40. The highest BCUT2D eigenvalue weighted by Gasteiger charge is 2.13. The summed E-state index contributed by atoms with van der Waals surface area (Å²) in [7, 11) is -3.40. The van der Waals surface area contributed by atoms with Crippen molar-refractivity contribution < 1.29 is 8.42 Å². The molecule has 0 bridgehead atoms. The van der Waals surface area contributed by atoms with E-state index in [9.17, 15) is 8.42 Å². The fourth-order valence-electron chi connectivity index (χ4n) is 1.49. The molecule has 1 aromatic heterocycles. The van der Waals surface area contributed by atoms with Crippen molar-refractivity contribution in [3.8, 4) is 0 Å². The maximum absolute atomic E-state index is 11.9. The maximum atomic E-state index is 11.9. The smallest absolute Gasteiger partial charge is 0.250 e. The molecule has 0 saturated heterocycles. The summed E-state index contributed by atoms with van der Waals surface area (Å²) in [6.07, 6.45) is 0.995. The Labute approximate surface area is 154 Å². The lowest BCUT2D eigenvalue weighted by atomic mass is 10.3. The van der Waals surface area contributed by atoms with Crippen molar-refractivity contribution in [2.75, 3.05) is 19.6 Å². The second-order valence-electron chi connectivity index (χ2n) is 4.54. The van der Waals surface area contributed by atoms with E-state index >= 15 is 0 Å². The number of guanidine groups is 1. The van der Waals surface area contributed by atoms with Crippen molar-refractivity contribution in [1.29, 1.82) is 0 Å². The fourth-order valence-corrected chi connectivity index (χ4v) is 3.55. The van der Waals surface area contributed by atoms with Crippen LogP contribution in [0.3, 0.4) is 0 Å². The van der Waals surface area contributed by atoms with Gasteiger partial charge in [-0.15, -0.1) is 35.3 Å². The third kappa shape index (κ3) is 7.75. The predicted molar refractivity (Wildman–Crippen MR) is 104 cm³/mol. The third-order valence-corrected chi connectivity index (χ3v) is 5.63. The zero-order valence-corrected chi connectivity index (χ0v) is 17.1. The molecule has 0 fully saturated rings. The number of nitrogens with zero attached hydrogens (tertiary/aromatic N) is 1. The van der Waals surface area contributed by atoms with Crippen LogP contribution in [0, 0.1) is 0 Å². The van der Waals surface area contributed by atoms with E-state index < -0.39 is 10.0 Å². The monoisotopic (exact) mass is 460 g/mol. The van der Waals surface area contributed by atoms with Crippen LogP contribution in [0.25, 0.3) is 0 Å². The Balaban J connectivity index is 0.00000441. The Kier molecular flexibility index (Phi) is 11.0. The molecule has 0 amide bonds.